The molecule has 3 nitrogen and oxygen atoms in total. The SMILES string of the molecule is COc1c(C)c(C)c(Cl)c(C)c1C(=O)C(C)O. The van der Waals surface area contributed by atoms with Crippen molar-refractivity contribution in [1.82, 2.24) is 0 Å². The Hall–Kier alpha value is -1.06. The summed E-state index contributed by atoms with van der Waals surface area (Å²) in [5.41, 5.74) is 2.74. The van der Waals surface area contributed by atoms with E-state index in [0.717, 1.165) is 11.1 Å². The molecule has 1 N–H and O–H groups in total. The molecule has 0 aliphatic heterocycles. The summed E-state index contributed by atoms with van der Waals surface area (Å²) in [6, 6.07) is 0. The zero-order valence-electron chi connectivity index (χ0n) is 10.7. The number of halogens is 1. The molecule has 0 aliphatic carbocycles. The van der Waals surface area contributed by atoms with Crippen LogP contribution in [0, 0.1) is 20.8 Å². The molecule has 17 heavy (non-hydrogen) atoms. The molecule has 0 saturated carbocycles. The maximum absolute atomic E-state index is 12.0. The van der Waals surface area contributed by atoms with Crippen molar-refractivity contribution in [2.24, 2.45) is 0 Å². The minimum Gasteiger partial charge on any atom is -0.496 e. The zero-order chi connectivity index (χ0) is 13.3. The van der Waals surface area contributed by atoms with Crippen molar-refractivity contribution in [3.63, 3.8) is 0 Å². The van der Waals surface area contributed by atoms with E-state index in [1.54, 1.807) is 6.92 Å². The highest BCUT2D eigenvalue weighted by Crippen LogP contribution is 2.36. The monoisotopic (exact) mass is 256 g/mol. The molecule has 0 aliphatic rings. The molecular formula is C13H17ClO3. The van der Waals surface area contributed by atoms with E-state index in [2.05, 4.69) is 0 Å². The number of ether oxygens (including phenoxy) is 1. The lowest BCUT2D eigenvalue weighted by Crippen LogP contribution is -2.19. The molecule has 4 heteroatoms. The maximum atomic E-state index is 12.0. The van der Waals surface area contributed by atoms with E-state index in [-0.39, 0.29) is 5.78 Å². The Morgan fingerprint density at radius 1 is 1.24 bits per heavy atom. The first-order valence-corrected chi connectivity index (χ1v) is 5.76. The summed E-state index contributed by atoms with van der Waals surface area (Å²) in [6.45, 7) is 6.92. The van der Waals surface area contributed by atoms with Gasteiger partial charge in [-0.1, -0.05) is 11.6 Å². The number of methoxy groups -OCH3 is 1. The van der Waals surface area contributed by atoms with Crippen LogP contribution in [0.5, 0.6) is 5.75 Å². The van der Waals surface area contributed by atoms with Gasteiger partial charge in [-0.3, -0.25) is 4.79 Å². The number of benzene rings is 1. The summed E-state index contributed by atoms with van der Waals surface area (Å²) < 4.78 is 5.27. The van der Waals surface area contributed by atoms with Crippen LogP contribution in [0.25, 0.3) is 0 Å². The molecule has 0 heterocycles. The number of ketones is 1. The number of carbonyl (C=O) groups excluding carboxylic acids is 1. The third-order valence-electron chi connectivity index (χ3n) is 2.99. The predicted octanol–water partition coefficient (Wildman–Crippen LogP) is 2.84. The Labute approximate surface area is 106 Å². The van der Waals surface area contributed by atoms with Crippen molar-refractivity contribution in [3.05, 3.63) is 27.3 Å². The molecule has 1 rings (SSSR count). The Morgan fingerprint density at radius 2 is 1.76 bits per heavy atom. The fourth-order valence-electron chi connectivity index (χ4n) is 1.84. The van der Waals surface area contributed by atoms with Crippen LogP contribution < -0.4 is 4.74 Å². The lowest BCUT2D eigenvalue weighted by molar-refractivity contribution is 0.0775. The summed E-state index contributed by atoms with van der Waals surface area (Å²) in [5, 5.41) is 9.97. The Morgan fingerprint density at radius 3 is 2.18 bits per heavy atom. The average molecular weight is 257 g/mol. The topological polar surface area (TPSA) is 46.5 Å². The Bertz CT molecular complexity index is 464. The fourth-order valence-corrected chi connectivity index (χ4v) is 2.08. The molecule has 1 unspecified atom stereocenters. The van der Waals surface area contributed by atoms with E-state index in [0.29, 0.717) is 21.9 Å². The number of hydrogen-bond donors (Lipinski definition) is 1. The lowest BCUT2D eigenvalue weighted by Gasteiger charge is -2.18. The first-order valence-electron chi connectivity index (χ1n) is 5.38. The molecule has 0 spiro atoms. The number of aliphatic hydroxyl groups is 1. The quantitative estimate of drug-likeness (QED) is 0.846. The normalized spacial score (nSPS) is 12.4. The first-order chi connectivity index (χ1) is 7.82. The molecule has 0 saturated heterocycles. The van der Waals surface area contributed by atoms with Gasteiger partial charge in [0.25, 0.3) is 0 Å². The Balaban J connectivity index is 3.64. The zero-order valence-corrected chi connectivity index (χ0v) is 11.5. The van der Waals surface area contributed by atoms with Crippen LogP contribution in [0.3, 0.4) is 0 Å². The van der Waals surface area contributed by atoms with E-state index in [4.69, 9.17) is 16.3 Å². The van der Waals surface area contributed by atoms with Gasteiger partial charge in [-0.25, -0.2) is 0 Å². The molecule has 0 amide bonds. The van der Waals surface area contributed by atoms with Crippen molar-refractivity contribution in [3.8, 4) is 5.75 Å². The smallest absolute Gasteiger partial charge is 0.195 e. The highest BCUT2D eigenvalue weighted by atomic mass is 35.5. The third-order valence-corrected chi connectivity index (χ3v) is 3.56. The largest absolute Gasteiger partial charge is 0.496 e. The van der Waals surface area contributed by atoms with Gasteiger partial charge in [0.2, 0.25) is 0 Å². The molecule has 1 atom stereocenters. The number of hydrogen-bond acceptors (Lipinski definition) is 3. The Kier molecular flexibility index (Phi) is 4.17. The summed E-state index contributed by atoms with van der Waals surface area (Å²) in [5.74, 6) is 0.125. The summed E-state index contributed by atoms with van der Waals surface area (Å²) in [7, 11) is 1.51. The van der Waals surface area contributed by atoms with Crippen LogP contribution in [-0.2, 0) is 0 Å². The highest BCUT2D eigenvalue weighted by Gasteiger charge is 2.24. The standard InChI is InChI=1S/C13H17ClO3/c1-6-7(2)13(17-5)10(8(3)11(6)14)12(16)9(4)15/h9,15H,1-5H3. The van der Waals surface area contributed by atoms with Gasteiger partial charge >= 0.3 is 0 Å². The molecule has 0 aromatic heterocycles. The van der Waals surface area contributed by atoms with E-state index < -0.39 is 6.10 Å². The van der Waals surface area contributed by atoms with Gasteiger partial charge in [-0.05, 0) is 44.4 Å². The van der Waals surface area contributed by atoms with E-state index in [9.17, 15) is 9.90 Å². The van der Waals surface area contributed by atoms with E-state index in [1.807, 2.05) is 13.8 Å². The van der Waals surface area contributed by atoms with Crippen molar-refractivity contribution in [2.75, 3.05) is 7.11 Å². The minimum absolute atomic E-state index is 0.371. The molecule has 0 bridgehead atoms. The van der Waals surface area contributed by atoms with Gasteiger partial charge in [-0.2, -0.15) is 0 Å². The van der Waals surface area contributed by atoms with Gasteiger partial charge in [0.05, 0.1) is 12.7 Å². The summed E-state index contributed by atoms with van der Waals surface area (Å²) in [4.78, 5) is 12.0. The van der Waals surface area contributed by atoms with Crippen LogP contribution in [0.2, 0.25) is 5.02 Å². The minimum atomic E-state index is -1.07. The van der Waals surface area contributed by atoms with Crippen LogP contribution in [0.1, 0.15) is 34.0 Å². The van der Waals surface area contributed by atoms with E-state index in [1.165, 1.54) is 14.0 Å². The average Bonchev–Trinajstić information content (AvgIpc) is 2.29. The summed E-state index contributed by atoms with van der Waals surface area (Å²) in [6.07, 6.45) is -1.07. The van der Waals surface area contributed by atoms with E-state index >= 15 is 0 Å². The highest BCUT2D eigenvalue weighted by molar-refractivity contribution is 6.33. The maximum Gasteiger partial charge on any atom is 0.195 e. The van der Waals surface area contributed by atoms with Gasteiger partial charge in [0.1, 0.15) is 11.9 Å². The second-order valence-corrected chi connectivity index (χ2v) is 4.52. The van der Waals surface area contributed by atoms with Crippen molar-refractivity contribution >= 4 is 17.4 Å². The molecule has 0 fully saturated rings. The molecule has 94 valence electrons. The molecule has 0 radical (unpaired) electrons. The number of carbonyl (C=O) groups is 1. The first kappa shape index (κ1) is 14.0. The summed E-state index contributed by atoms with van der Waals surface area (Å²) >= 11 is 6.18. The molecular weight excluding hydrogens is 240 g/mol. The van der Waals surface area contributed by atoms with Crippen LogP contribution in [-0.4, -0.2) is 24.1 Å². The second kappa shape index (κ2) is 5.07. The van der Waals surface area contributed by atoms with Gasteiger partial charge in [-0.15, -0.1) is 0 Å². The van der Waals surface area contributed by atoms with Gasteiger partial charge in [0.15, 0.2) is 5.78 Å². The fraction of sp³-hybridized carbons (Fsp3) is 0.462. The molecule has 1 aromatic carbocycles. The van der Waals surface area contributed by atoms with Crippen LogP contribution in [0.4, 0.5) is 0 Å². The van der Waals surface area contributed by atoms with Gasteiger partial charge < -0.3 is 9.84 Å². The predicted molar refractivity (Wildman–Crippen MR) is 68.2 cm³/mol. The van der Waals surface area contributed by atoms with Crippen LogP contribution >= 0.6 is 11.6 Å². The second-order valence-electron chi connectivity index (χ2n) is 4.14. The van der Waals surface area contributed by atoms with Crippen LogP contribution in [0.15, 0.2) is 0 Å². The molecule has 1 aromatic rings. The van der Waals surface area contributed by atoms with Crippen molar-refractivity contribution in [1.29, 1.82) is 0 Å². The number of rotatable bonds is 3. The number of aliphatic hydroxyl groups excluding tert-OH is 1. The lowest BCUT2D eigenvalue weighted by atomic mass is 9.94. The van der Waals surface area contributed by atoms with Crippen molar-refractivity contribution < 1.29 is 14.6 Å². The number of Topliss-reactive ketones (excluding diaryl/α,β-unsaturated/α-hetero) is 1. The van der Waals surface area contributed by atoms with Crippen molar-refractivity contribution in [2.45, 2.75) is 33.8 Å². The van der Waals surface area contributed by atoms with Gasteiger partial charge in [0, 0.05) is 5.02 Å². The third kappa shape index (κ3) is 2.31.